The number of hydrogen-bond donors (Lipinski definition) is 1. The third-order valence-electron chi connectivity index (χ3n) is 2.87. The minimum atomic E-state index is -0.529. The highest BCUT2D eigenvalue weighted by Gasteiger charge is 2.15. The fourth-order valence-electron chi connectivity index (χ4n) is 2.01. The van der Waals surface area contributed by atoms with E-state index in [4.69, 9.17) is 28.9 Å². The van der Waals surface area contributed by atoms with Crippen LogP contribution >= 0.6 is 39.1 Å². The molecule has 0 fully saturated rings. The number of halogens is 4. The molecule has 0 aliphatic heterocycles. The number of imidazole rings is 1. The van der Waals surface area contributed by atoms with Gasteiger partial charge in [-0.1, -0.05) is 23.2 Å². The Bertz CT molecular complexity index is 832. The number of hydrogen-bond acceptors (Lipinski definition) is 2. The van der Waals surface area contributed by atoms with Crippen LogP contribution in [-0.2, 0) is 0 Å². The quantitative estimate of drug-likeness (QED) is 0.663. The van der Waals surface area contributed by atoms with Gasteiger partial charge in [0, 0.05) is 15.6 Å². The van der Waals surface area contributed by atoms with E-state index < -0.39 is 5.82 Å². The van der Waals surface area contributed by atoms with E-state index in [-0.39, 0.29) is 11.0 Å². The number of anilines is 1. The Morgan fingerprint density at radius 3 is 2.65 bits per heavy atom. The highest BCUT2D eigenvalue weighted by atomic mass is 79.9. The predicted octanol–water partition coefficient (Wildman–Crippen LogP) is 4.82. The lowest BCUT2D eigenvalue weighted by Gasteiger charge is -2.09. The molecule has 1 heterocycles. The van der Waals surface area contributed by atoms with Crippen LogP contribution in [0.5, 0.6) is 0 Å². The van der Waals surface area contributed by atoms with Crippen LogP contribution < -0.4 is 5.73 Å². The lowest BCUT2D eigenvalue weighted by atomic mass is 10.2. The molecule has 3 aromatic rings. The minimum Gasteiger partial charge on any atom is -0.369 e. The summed E-state index contributed by atoms with van der Waals surface area (Å²) in [4.78, 5) is 4.14. The summed E-state index contributed by atoms with van der Waals surface area (Å²) in [5, 5.41) is 0.608. The molecule has 0 saturated carbocycles. The molecule has 0 bridgehead atoms. The minimum absolute atomic E-state index is 0.0173. The number of benzene rings is 2. The van der Waals surface area contributed by atoms with Crippen molar-refractivity contribution >= 4 is 56.1 Å². The molecule has 102 valence electrons. The van der Waals surface area contributed by atoms with Crippen LogP contribution in [0.25, 0.3) is 16.7 Å². The van der Waals surface area contributed by atoms with Crippen molar-refractivity contribution in [3.63, 3.8) is 0 Å². The monoisotopic (exact) mass is 373 g/mol. The van der Waals surface area contributed by atoms with Crippen LogP contribution in [0.15, 0.2) is 34.8 Å². The molecule has 0 spiro atoms. The van der Waals surface area contributed by atoms with Gasteiger partial charge in [0.2, 0.25) is 5.95 Å². The van der Waals surface area contributed by atoms with Gasteiger partial charge in [-0.2, -0.15) is 0 Å². The summed E-state index contributed by atoms with van der Waals surface area (Å²) in [5.74, 6) is -0.288. The molecule has 3 nitrogen and oxygen atoms in total. The molecule has 3 rings (SSSR count). The zero-order chi connectivity index (χ0) is 14.4. The van der Waals surface area contributed by atoms with Crippen molar-refractivity contribution in [3.05, 3.63) is 50.7 Å². The Hall–Kier alpha value is -1.30. The van der Waals surface area contributed by atoms with E-state index in [1.165, 1.54) is 12.1 Å². The fourth-order valence-corrected chi connectivity index (χ4v) is 3.03. The van der Waals surface area contributed by atoms with E-state index in [9.17, 15) is 4.39 Å². The van der Waals surface area contributed by atoms with Gasteiger partial charge in [-0.3, -0.25) is 4.57 Å². The van der Waals surface area contributed by atoms with Crippen molar-refractivity contribution in [3.8, 4) is 5.69 Å². The highest BCUT2D eigenvalue weighted by molar-refractivity contribution is 9.10. The highest BCUT2D eigenvalue weighted by Crippen LogP contribution is 2.32. The van der Waals surface area contributed by atoms with Crippen molar-refractivity contribution in [2.75, 3.05) is 5.73 Å². The Labute approximate surface area is 132 Å². The first-order valence-electron chi connectivity index (χ1n) is 5.56. The third kappa shape index (κ3) is 2.16. The Balaban J connectivity index is 2.35. The van der Waals surface area contributed by atoms with Crippen LogP contribution in [0.2, 0.25) is 10.0 Å². The summed E-state index contributed by atoms with van der Waals surface area (Å²) in [6, 6.07) is 8.03. The van der Waals surface area contributed by atoms with Crippen molar-refractivity contribution in [2.24, 2.45) is 0 Å². The Morgan fingerprint density at radius 2 is 1.95 bits per heavy atom. The van der Waals surface area contributed by atoms with Crippen LogP contribution in [0, 0.1) is 5.82 Å². The van der Waals surface area contributed by atoms with Crippen LogP contribution in [0.1, 0.15) is 0 Å². The lowest BCUT2D eigenvalue weighted by molar-refractivity contribution is 0.630. The largest absolute Gasteiger partial charge is 0.369 e. The average Bonchev–Trinajstić information content (AvgIpc) is 2.66. The summed E-state index contributed by atoms with van der Waals surface area (Å²) in [7, 11) is 0. The fraction of sp³-hybridized carbons (Fsp3) is 0. The number of nitrogen functional groups attached to an aromatic ring is 1. The average molecular weight is 375 g/mol. The zero-order valence-electron chi connectivity index (χ0n) is 9.87. The molecule has 2 N–H and O–H groups in total. The summed E-state index contributed by atoms with van der Waals surface area (Å²) < 4.78 is 15.9. The van der Waals surface area contributed by atoms with Gasteiger partial charge in [-0.25, -0.2) is 9.37 Å². The standard InChI is InChI=1S/C13H7BrCl2FN3/c14-7-3-6(15)1-2-11(7)20-12-4-8(16)9(17)5-10(12)19-13(20)18/h1-5H,(H2,18,19). The van der Waals surface area contributed by atoms with Crippen LogP contribution in [-0.4, -0.2) is 9.55 Å². The van der Waals surface area contributed by atoms with Crippen LogP contribution in [0.4, 0.5) is 10.3 Å². The maximum absolute atomic E-state index is 13.5. The second-order valence-electron chi connectivity index (χ2n) is 4.16. The molecule has 2 aromatic carbocycles. The first kappa shape index (κ1) is 13.7. The van der Waals surface area contributed by atoms with Crippen LogP contribution in [0.3, 0.4) is 0 Å². The van der Waals surface area contributed by atoms with E-state index in [0.717, 1.165) is 10.2 Å². The topological polar surface area (TPSA) is 43.8 Å². The van der Waals surface area contributed by atoms with Gasteiger partial charge in [0.05, 0.1) is 21.7 Å². The molecule has 0 aliphatic carbocycles. The first-order valence-corrected chi connectivity index (χ1v) is 7.10. The lowest BCUT2D eigenvalue weighted by Crippen LogP contribution is -2.01. The molecule has 1 aromatic heterocycles. The molecule has 7 heteroatoms. The molecule has 20 heavy (non-hydrogen) atoms. The van der Waals surface area contributed by atoms with Gasteiger partial charge < -0.3 is 5.73 Å². The van der Waals surface area contributed by atoms with E-state index in [0.29, 0.717) is 16.1 Å². The van der Waals surface area contributed by atoms with Gasteiger partial charge in [-0.15, -0.1) is 0 Å². The van der Waals surface area contributed by atoms with Gasteiger partial charge in [0.1, 0.15) is 5.82 Å². The summed E-state index contributed by atoms with van der Waals surface area (Å²) in [6.07, 6.45) is 0. The zero-order valence-corrected chi connectivity index (χ0v) is 13.0. The molecule has 0 radical (unpaired) electrons. The van der Waals surface area contributed by atoms with E-state index in [1.807, 2.05) is 0 Å². The third-order valence-corrected chi connectivity index (χ3v) is 4.03. The number of fused-ring (bicyclic) bond motifs is 1. The van der Waals surface area contributed by atoms with Crippen molar-refractivity contribution in [2.45, 2.75) is 0 Å². The smallest absolute Gasteiger partial charge is 0.205 e. The van der Waals surface area contributed by atoms with E-state index in [1.54, 1.807) is 22.8 Å². The summed E-state index contributed by atoms with van der Waals surface area (Å²) in [5.41, 5.74) is 7.73. The number of nitrogens with zero attached hydrogens (tertiary/aromatic N) is 2. The summed E-state index contributed by atoms with van der Waals surface area (Å²) >= 11 is 15.2. The molecule has 0 amide bonds. The molecular formula is C13H7BrCl2FN3. The molecule has 0 atom stereocenters. The summed E-state index contributed by atoms with van der Waals surface area (Å²) in [6.45, 7) is 0. The Kier molecular flexibility index (Phi) is 3.36. The molecule has 0 aliphatic rings. The van der Waals surface area contributed by atoms with Gasteiger partial charge in [-0.05, 0) is 40.2 Å². The molecular weight excluding hydrogens is 368 g/mol. The second-order valence-corrected chi connectivity index (χ2v) is 5.85. The second kappa shape index (κ2) is 4.91. The Morgan fingerprint density at radius 1 is 1.20 bits per heavy atom. The number of nitrogens with two attached hydrogens (primary N) is 1. The SMILES string of the molecule is Nc1nc2cc(F)c(Cl)cc2n1-c1ccc(Cl)cc1Br. The van der Waals surface area contributed by atoms with Crippen molar-refractivity contribution in [1.82, 2.24) is 9.55 Å². The van der Waals surface area contributed by atoms with Gasteiger partial charge in [0.25, 0.3) is 0 Å². The maximum atomic E-state index is 13.5. The van der Waals surface area contributed by atoms with Gasteiger partial charge >= 0.3 is 0 Å². The van der Waals surface area contributed by atoms with E-state index in [2.05, 4.69) is 20.9 Å². The number of aromatic nitrogens is 2. The molecule has 0 unspecified atom stereocenters. The maximum Gasteiger partial charge on any atom is 0.205 e. The van der Waals surface area contributed by atoms with Crippen molar-refractivity contribution < 1.29 is 4.39 Å². The normalized spacial score (nSPS) is 11.2. The predicted molar refractivity (Wildman–Crippen MR) is 83.2 cm³/mol. The van der Waals surface area contributed by atoms with Crippen molar-refractivity contribution in [1.29, 1.82) is 0 Å². The van der Waals surface area contributed by atoms with Gasteiger partial charge in [0.15, 0.2) is 0 Å². The molecule has 0 saturated heterocycles. The number of rotatable bonds is 1. The van der Waals surface area contributed by atoms with E-state index >= 15 is 0 Å². The first-order chi connectivity index (χ1) is 9.47.